The van der Waals surface area contributed by atoms with Crippen LogP contribution in [0.1, 0.15) is 43.4 Å². The van der Waals surface area contributed by atoms with Gasteiger partial charge in [0.1, 0.15) is 12.1 Å². The van der Waals surface area contributed by atoms with E-state index in [1.165, 1.54) is 0 Å². The zero-order valence-electron chi connectivity index (χ0n) is 18.1. The number of ether oxygens (including phenoxy) is 1. The van der Waals surface area contributed by atoms with Gasteiger partial charge in [-0.25, -0.2) is 4.79 Å². The molecule has 162 valence electrons. The minimum absolute atomic E-state index is 0.189. The Hall–Kier alpha value is -2.69. The molecule has 4 rings (SSSR count). The quantitative estimate of drug-likeness (QED) is 0.688. The van der Waals surface area contributed by atoms with Crippen molar-refractivity contribution in [2.24, 2.45) is 5.92 Å². The monoisotopic (exact) mass is 417 g/mol. The van der Waals surface area contributed by atoms with Gasteiger partial charge in [-0.2, -0.15) is 0 Å². The predicted octanol–water partition coefficient (Wildman–Crippen LogP) is 4.78. The average molecular weight is 418 g/mol. The minimum Gasteiger partial charge on any atom is -0.461 e. The Morgan fingerprint density at radius 3 is 2.29 bits per heavy atom. The van der Waals surface area contributed by atoms with Gasteiger partial charge in [-0.05, 0) is 37.3 Å². The molecule has 0 bridgehead atoms. The summed E-state index contributed by atoms with van der Waals surface area (Å²) in [6, 6.07) is 19.2. The molecule has 4 heteroatoms. The number of nitrogens with zero attached hydrogens (tertiary/aromatic N) is 1. The largest absolute Gasteiger partial charge is 0.461 e. The number of hydrogen-bond acceptors (Lipinski definition) is 4. The number of esters is 1. The Morgan fingerprint density at radius 2 is 1.68 bits per heavy atom. The van der Waals surface area contributed by atoms with Crippen LogP contribution in [0.4, 0.5) is 0 Å². The van der Waals surface area contributed by atoms with Crippen LogP contribution in [0.5, 0.6) is 0 Å². The van der Waals surface area contributed by atoms with Gasteiger partial charge in [-0.15, -0.1) is 0 Å². The van der Waals surface area contributed by atoms with Crippen LogP contribution in [0.3, 0.4) is 0 Å². The maximum absolute atomic E-state index is 13.4. The Morgan fingerprint density at radius 1 is 1.03 bits per heavy atom. The van der Waals surface area contributed by atoms with Crippen molar-refractivity contribution < 1.29 is 14.6 Å². The van der Waals surface area contributed by atoms with Gasteiger partial charge in [0.15, 0.2) is 0 Å². The summed E-state index contributed by atoms with van der Waals surface area (Å²) in [7, 11) is 0. The van der Waals surface area contributed by atoms with Gasteiger partial charge in [0.2, 0.25) is 0 Å². The van der Waals surface area contributed by atoms with Crippen molar-refractivity contribution in [3.05, 3.63) is 96.1 Å². The lowest BCUT2D eigenvalue weighted by atomic mass is 9.83. The maximum Gasteiger partial charge on any atom is 0.328 e. The van der Waals surface area contributed by atoms with E-state index in [1.807, 2.05) is 79.7 Å². The molecule has 1 unspecified atom stereocenters. The van der Waals surface area contributed by atoms with Crippen molar-refractivity contribution in [2.45, 2.75) is 43.9 Å². The second kappa shape index (κ2) is 9.63. The molecule has 1 heterocycles. The molecule has 1 saturated heterocycles. The average Bonchev–Trinajstić information content (AvgIpc) is 2.82. The van der Waals surface area contributed by atoms with Crippen LogP contribution in [-0.4, -0.2) is 35.2 Å². The van der Waals surface area contributed by atoms with Crippen LogP contribution in [0.15, 0.2) is 85.0 Å². The van der Waals surface area contributed by atoms with Gasteiger partial charge in [0, 0.05) is 19.0 Å². The van der Waals surface area contributed by atoms with E-state index in [1.54, 1.807) is 0 Å². The minimum atomic E-state index is -0.852. The normalized spacial score (nSPS) is 22.6. The first-order valence-electron chi connectivity index (χ1n) is 11.2. The zero-order chi connectivity index (χ0) is 21.7. The summed E-state index contributed by atoms with van der Waals surface area (Å²) in [5, 5.41) is 11.2. The summed E-state index contributed by atoms with van der Waals surface area (Å²) in [5.74, 6) is -0.0123. The number of allylic oxidation sites excluding steroid dienone is 3. The van der Waals surface area contributed by atoms with Gasteiger partial charge >= 0.3 is 5.97 Å². The molecule has 31 heavy (non-hydrogen) atoms. The Balaban J connectivity index is 1.49. The highest BCUT2D eigenvalue weighted by Gasteiger charge is 2.39. The van der Waals surface area contributed by atoms with Gasteiger partial charge < -0.3 is 9.84 Å². The van der Waals surface area contributed by atoms with Gasteiger partial charge in [0.05, 0.1) is 5.60 Å². The van der Waals surface area contributed by atoms with Crippen LogP contribution < -0.4 is 0 Å². The molecule has 2 aromatic rings. The Labute approximate surface area is 184 Å². The summed E-state index contributed by atoms with van der Waals surface area (Å²) >= 11 is 0. The van der Waals surface area contributed by atoms with Crippen LogP contribution in [-0.2, 0) is 15.1 Å². The van der Waals surface area contributed by atoms with Crippen molar-refractivity contribution in [1.82, 2.24) is 4.90 Å². The molecule has 1 aliphatic heterocycles. The van der Waals surface area contributed by atoms with Crippen molar-refractivity contribution in [3.8, 4) is 0 Å². The van der Waals surface area contributed by atoms with Crippen LogP contribution in [0.2, 0.25) is 0 Å². The molecular weight excluding hydrogens is 386 g/mol. The van der Waals surface area contributed by atoms with E-state index in [0.29, 0.717) is 25.9 Å². The van der Waals surface area contributed by atoms with Gasteiger partial charge in [-0.1, -0.05) is 85.0 Å². The smallest absolute Gasteiger partial charge is 0.328 e. The number of hydrogen-bond donors (Lipinski definition) is 1. The van der Waals surface area contributed by atoms with Gasteiger partial charge in [0.25, 0.3) is 0 Å². The first kappa shape index (κ1) is 21.5. The lowest BCUT2D eigenvalue weighted by Gasteiger charge is -2.41. The molecule has 0 radical (unpaired) electrons. The Kier molecular flexibility index (Phi) is 6.69. The topological polar surface area (TPSA) is 49.8 Å². The van der Waals surface area contributed by atoms with Crippen molar-refractivity contribution in [2.75, 3.05) is 13.1 Å². The summed E-state index contributed by atoms with van der Waals surface area (Å²) < 4.78 is 5.97. The third kappa shape index (κ3) is 4.97. The summed E-state index contributed by atoms with van der Waals surface area (Å²) in [5.41, 5.74) is 1.03. The first-order valence-corrected chi connectivity index (χ1v) is 11.2. The number of aliphatic hydroxyl groups is 1. The fourth-order valence-electron chi connectivity index (χ4n) is 4.60. The molecular formula is C27H31NO3. The van der Waals surface area contributed by atoms with Crippen LogP contribution in [0, 0.1) is 5.92 Å². The number of carbonyl (C=O) groups excluding carboxylic acids is 1. The highest BCUT2D eigenvalue weighted by Crippen LogP contribution is 2.36. The number of carbonyl (C=O) groups is 1. The molecule has 2 aromatic carbocycles. The predicted molar refractivity (Wildman–Crippen MR) is 122 cm³/mol. The molecule has 3 atom stereocenters. The Bertz CT molecular complexity index is 914. The third-order valence-electron chi connectivity index (χ3n) is 6.56. The molecule has 4 nitrogen and oxygen atoms in total. The third-order valence-corrected chi connectivity index (χ3v) is 6.56. The molecule has 1 N–H and O–H groups in total. The zero-order valence-corrected chi connectivity index (χ0v) is 18.1. The standard InChI is InChI=1S/C27H31NO3/c1-21(22-11-5-2-6-12-22)31-26(29)25(23-13-7-3-8-14-23)28-19-17-27(30,18-20-28)24-15-9-4-10-16-24/h2-11,13-16,21-22,25,30H,12,17-20H2,1H3/t21-,22?,25+/m0/s1. The number of piperidine rings is 1. The van der Waals surface area contributed by atoms with E-state index < -0.39 is 11.6 Å². The van der Waals surface area contributed by atoms with E-state index in [4.69, 9.17) is 4.74 Å². The first-order chi connectivity index (χ1) is 15.1. The second-order valence-corrected chi connectivity index (χ2v) is 8.60. The number of rotatable bonds is 6. The fraction of sp³-hybridized carbons (Fsp3) is 0.370. The van der Waals surface area contributed by atoms with Gasteiger partial charge in [-0.3, -0.25) is 4.90 Å². The lowest BCUT2D eigenvalue weighted by molar-refractivity contribution is -0.159. The van der Waals surface area contributed by atoms with Crippen molar-refractivity contribution >= 4 is 5.97 Å². The van der Waals surface area contributed by atoms with E-state index in [0.717, 1.165) is 17.5 Å². The fourth-order valence-corrected chi connectivity index (χ4v) is 4.60. The summed E-state index contributed by atoms with van der Waals surface area (Å²) in [6.45, 7) is 3.22. The lowest BCUT2D eigenvalue weighted by Crippen LogP contribution is -2.46. The summed E-state index contributed by atoms with van der Waals surface area (Å²) in [6.07, 6.45) is 10.1. The number of likely N-dealkylation sites (tertiary alicyclic amines) is 1. The van der Waals surface area contributed by atoms with E-state index >= 15 is 0 Å². The molecule has 1 aliphatic carbocycles. The van der Waals surface area contributed by atoms with Crippen LogP contribution >= 0.6 is 0 Å². The molecule has 1 fully saturated rings. The van der Waals surface area contributed by atoms with Crippen molar-refractivity contribution in [3.63, 3.8) is 0 Å². The van der Waals surface area contributed by atoms with Crippen molar-refractivity contribution in [1.29, 1.82) is 0 Å². The van der Waals surface area contributed by atoms with Crippen LogP contribution in [0.25, 0.3) is 0 Å². The number of benzene rings is 2. The summed E-state index contributed by atoms with van der Waals surface area (Å²) in [4.78, 5) is 15.5. The SMILES string of the molecule is C[C@H](OC(=O)[C@@H](c1ccccc1)N1CCC(O)(c2ccccc2)CC1)C1C=CC=CC1. The molecule has 0 saturated carbocycles. The van der Waals surface area contributed by atoms with E-state index in [9.17, 15) is 9.90 Å². The second-order valence-electron chi connectivity index (χ2n) is 8.60. The molecule has 2 aliphatic rings. The molecule has 0 amide bonds. The highest BCUT2D eigenvalue weighted by atomic mass is 16.5. The van der Waals surface area contributed by atoms with E-state index in [-0.39, 0.29) is 18.0 Å². The molecule has 0 aromatic heterocycles. The van der Waals surface area contributed by atoms with E-state index in [2.05, 4.69) is 17.1 Å². The highest BCUT2D eigenvalue weighted by molar-refractivity contribution is 5.78. The maximum atomic E-state index is 13.4. The molecule has 0 spiro atoms.